The lowest BCUT2D eigenvalue weighted by atomic mass is 9.63. The molecule has 1 fully saturated rings. The fourth-order valence-corrected chi connectivity index (χ4v) is 3.46. The van der Waals surface area contributed by atoms with Gasteiger partial charge in [0.25, 0.3) is 0 Å². The Kier molecular flexibility index (Phi) is 4.28. The van der Waals surface area contributed by atoms with Crippen molar-refractivity contribution in [3.05, 3.63) is 24.3 Å². The smallest absolute Gasteiger partial charge is 0.120 e. The topological polar surface area (TPSA) is 47.3 Å². The fraction of sp³-hybridized carbons (Fsp3) is 0.647. The predicted molar refractivity (Wildman–Crippen MR) is 85.2 cm³/mol. The van der Waals surface area contributed by atoms with E-state index in [-0.39, 0.29) is 5.54 Å². The van der Waals surface area contributed by atoms with Gasteiger partial charge in [0.05, 0.1) is 12.6 Å². The molecule has 1 aromatic rings. The van der Waals surface area contributed by atoms with Crippen LogP contribution in [0.2, 0.25) is 0 Å². The minimum absolute atomic E-state index is 0.00187. The summed E-state index contributed by atoms with van der Waals surface area (Å²) in [7, 11) is 1.70. The minimum atomic E-state index is 0.00187. The normalized spacial score (nSPS) is 28.9. The second-order valence-corrected chi connectivity index (χ2v) is 6.99. The first kappa shape index (κ1) is 15.2. The number of ether oxygens (including phenoxy) is 1. The van der Waals surface area contributed by atoms with Crippen LogP contribution in [0.4, 0.5) is 5.69 Å². The maximum Gasteiger partial charge on any atom is 0.120 e. The summed E-state index contributed by atoms with van der Waals surface area (Å²) in [6.07, 6.45) is 3.54. The molecule has 0 saturated heterocycles. The molecule has 2 rings (SSSR count). The molecule has 1 aromatic carbocycles. The molecule has 0 radical (unpaired) electrons. The molecular formula is C17H28N2O. The zero-order valence-electron chi connectivity index (χ0n) is 13.2. The van der Waals surface area contributed by atoms with Crippen LogP contribution in [0.5, 0.6) is 5.75 Å². The number of hydrogen-bond donors (Lipinski definition) is 2. The second kappa shape index (κ2) is 5.65. The molecule has 0 heterocycles. The molecule has 1 aliphatic rings. The Morgan fingerprint density at radius 1 is 1.35 bits per heavy atom. The Bertz CT molecular complexity index is 458. The van der Waals surface area contributed by atoms with Gasteiger partial charge in [-0.25, -0.2) is 0 Å². The summed E-state index contributed by atoms with van der Waals surface area (Å²) < 4.78 is 5.30. The minimum Gasteiger partial charge on any atom is -0.497 e. The molecule has 3 N–H and O–H groups in total. The zero-order valence-corrected chi connectivity index (χ0v) is 13.2. The maximum absolute atomic E-state index is 6.14. The number of methoxy groups -OCH3 is 1. The summed E-state index contributed by atoms with van der Waals surface area (Å²) in [5, 5.41) is 3.70. The van der Waals surface area contributed by atoms with Crippen molar-refractivity contribution in [2.45, 2.75) is 45.6 Å². The van der Waals surface area contributed by atoms with E-state index in [4.69, 9.17) is 10.5 Å². The summed E-state index contributed by atoms with van der Waals surface area (Å²) >= 11 is 0. The molecule has 2 unspecified atom stereocenters. The first-order valence-electron chi connectivity index (χ1n) is 7.53. The van der Waals surface area contributed by atoms with Crippen molar-refractivity contribution in [2.24, 2.45) is 17.1 Å². The van der Waals surface area contributed by atoms with Gasteiger partial charge in [0, 0.05) is 18.3 Å². The van der Waals surface area contributed by atoms with Crippen molar-refractivity contribution in [1.82, 2.24) is 0 Å². The van der Waals surface area contributed by atoms with Crippen LogP contribution in [0.25, 0.3) is 0 Å². The van der Waals surface area contributed by atoms with Crippen molar-refractivity contribution in [3.8, 4) is 5.75 Å². The molecule has 1 saturated carbocycles. The van der Waals surface area contributed by atoms with Crippen molar-refractivity contribution < 1.29 is 4.74 Å². The van der Waals surface area contributed by atoms with Crippen molar-refractivity contribution in [1.29, 1.82) is 0 Å². The molecule has 2 atom stereocenters. The first-order valence-corrected chi connectivity index (χ1v) is 7.53. The van der Waals surface area contributed by atoms with Crippen molar-refractivity contribution in [3.63, 3.8) is 0 Å². The van der Waals surface area contributed by atoms with Crippen LogP contribution in [-0.4, -0.2) is 19.2 Å². The summed E-state index contributed by atoms with van der Waals surface area (Å²) in [5.41, 5.74) is 7.67. The Morgan fingerprint density at radius 2 is 2.10 bits per heavy atom. The van der Waals surface area contributed by atoms with Crippen LogP contribution >= 0.6 is 0 Å². The van der Waals surface area contributed by atoms with E-state index in [1.54, 1.807) is 7.11 Å². The van der Waals surface area contributed by atoms with Gasteiger partial charge < -0.3 is 15.8 Å². The molecular weight excluding hydrogens is 248 g/mol. The Morgan fingerprint density at radius 3 is 2.70 bits per heavy atom. The number of hydrogen-bond acceptors (Lipinski definition) is 3. The molecule has 1 aliphatic carbocycles. The maximum atomic E-state index is 6.14. The number of rotatable bonds is 4. The van der Waals surface area contributed by atoms with E-state index in [1.165, 1.54) is 12.8 Å². The van der Waals surface area contributed by atoms with E-state index in [9.17, 15) is 0 Å². The van der Waals surface area contributed by atoms with Crippen LogP contribution in [0.3, 0.4) is 0 Å². The van der Waals surface area contributed by atoms with Crippen LogP contribution in [0.15, 0.2) is 24.3 Å². The van der Waals surface area contributed by atoms with E-state index in [0.29, 0.717) is 17.9 Å². The van der Waals surface area contributed by atoms with Crippen LogP contribution in [0, 0.1) is 11.3 Å². The van der Waals surface area contributed by atoms with Crippen LogP contribution in [0.1, 0.15) is 40.0 Å². The largest absolute Gasteiger partial charge is 0.497 e. The first-order chi connectivity index (χ1) is 9.41. The molecule has 3 heteroatoms. The van der Waals surface area contributed by atoms with E-state index in [2.05, 4.69) is 32.2 Å². The highest BCUT2D eigenvalue weighted by atomic mass is 16.5. The highest BCUT2D eigenvalue weighted by Crippen LogP contribution is 2.45. The van der Waals surface area contributed by atoms with Gasteiger partial charge in [-0.15, -0.1) is 0 Å². The third-order valence-electron chi connectivity index (χ3n) is 4.88. The summed E-state index contributed by atoms with van der Waals surface area (Å²) in [5.74, 6) is 1.44. The fourth-order valence-electron chi connectivity index (χ4n) is 3.46. The third-order valence-corrected chi connectivity index (χ3v) is 4.88. The lowest BCUT2D eigenvalue weighted by Crippen LogP contribution is -2.54. The average molecular weight is 276 g/mol. The molecule has 0 aliphatic heterocycles. The van der Waals surface area contributed by atoms with Gasteiger partial charge in [-0.3, -0.25) is 0 Å². The van der Waals surface area contributed by atoms with Gasteiger partial charge in [-0.05, 0) is 42.7 Å². The molecule has 0 spiro atoms. The second-order valence-electron chi connectivity index (χ2n) is 6.99. The van der Waals surface area contributed by atoms with Crippen molar-refractivity contribution >= 4 is 5.69 Å². The Balaban J connectivity index is 2.19. The summed E-state index contributed by atoms with van der Waals surface area (Å²) in [6.45, 7) is 7.70. The van der Waals surface area contributed by atoms with Gasteiger partial charge in [-0.2, -0.15) is 0 Å². The summed E-state index contributed by atoms with van der Waals surface area (Å²) in [6, 6.07) is 8.12. The highest BCUT2D eigenvalue weighted by Gasteiger charge is 2.42. The number of nitrogens with two attached hydrogens (primary N) is 1. The monoisotopic (exact) mass is 276 g/mol. The number of nitrogens with one attached hydrogen (secondary N) is 1. The number of benzene rings is 1. The lowest BCUT2D eigenvalue weighted by molar-refractivity contribution is 0.120. The van der Waals surface area contributed by atoms with Gasteiger partial charge in [0.15, 0.2) is 0 Å². The van der Waals surface area contributed by atoms with Gasteiger partial charge in [0.2, 0.25) is 0 Å². The zero-order chi connectivity index (χ0) is 14.8. The molecule has 3 nitrogen and oxygen atoms in total. The van der Waals surface area contributed by atoms with E-state index < -0.39 is 0 Å². The van der Waals surface area contributed by atoms with E-state index >= 15 is 0 Å². The average Bonchev–Trinajstić information content (AvgIpc) is 2.42. The molecule has 0 amide bonds. The quantitative estimate of drug-likeness (QED) is 0.882. The van der Waals surface area contributed by atoms with E-state index in [1.807, 2.05) is 18.2 Å². The van der Waals surface area contributed by atoms with Gasteiger partial charge in [-0.1, -0.05) is 26.8 Å². The molecule has 0 bridgehead atoms. The van der Waals surface area contributed by atoms with Crippen molar-refractivity contribution in [2.75, 3.05) is 19.0 Å². The Hall–Kier alpha value is -1.22. The van der Waals surface area contributed by atoms with E-state index in [0.717, 1.165) is 17.9 Å². The highest BCUT2D eigenvalue weighted by molar-refractivity contribution is 5.50. The van der Waals surface area contributed by atoms with Crippen LogP contribution in [-0.2, 0) is 0 Å². The predicted octanol–water partition coefficient (Wildman–Crippen LogP) is 3.65. The molecule has 0 aromatic heterocycles. The lowest BCUT2D eigenvalue weighted by Gasteiger charge is -2.49. The summed E-state index contributed by atoms with van der Waals surface area (Å²) in [4.78, 5) is 0. The van der Waals surface area contributed by atoms with Gasteiger partial charge in [0.1, 0.15) is 5.75 Å². The number of anilines is 1. The standard InChI is InChI=1S/C17H28N2O/c1-13-11-16(2,3)8-9-17(13,12-18)19-14-6-5-7-15(10-14)20-4/h5-7,10,13,19H,8-9,11-12,18H2,1-4H3. The molecule has 112 valence electrons. The Labute approximate surface area is 122 Å². The van der Waals surface area contributed by atoms with Crippen LogP contribution < -0.4 is 15.8 Å². The molecule has 20 heavy (non-hydrogen) atoms. The SMILES string of the molecule is COc1cccc(NC2(CN)CCC(C)(C)CC2C)c1. The third kappa shape index (κ3) is 3.09. The van der Waals surface area contributed by atoms with Gasteiger partial charge >= 0.3 is 0 Å².